The smallest absolute Gasteiger partial charge is 0.207 e. The van der Waals surface area contributed by atoms with E-state index >= 15 is 0 Å². The Morgan fingerprint density at radius 1 is 0.923 bits per heavy atom. The molecule has 3 rings (SSSR count). The Bertz CT molecular complexity index is 857. The van der Waals surface area contributed by atoms with Gasteiger partial charge in [-0.1, -0.05) is 28.1 Å². The zero-order valence-electron chi connectivity index (χ0n) is 13.7. The van der Waals surface area contributed by atoms with Crippen LogP contribution in [0.4, 0.5) is 13.2 Å². The summed E-state index contributed by atoms with van der Waals surface area (Å²) in [6.45, 7) is 0.703. The molecule has 0 spiro atoms. The molecule has 3 nitrogen and oxygen atoms in total. The highest BCUT2D eigenvalue weighted by Gasteiger charge is 2.32. The standard InChI is InChI=1S/C18H17BrF3NO2S/c19-16-5-7-17(8-6-16)26(24,25)23-11-9-14(10-12-23)13-1-3-15(4-2-13)18(20,21)22/h1-8,14H,9-12H2. The summed E-state index contributed by atoms with van der Waals surface area (Å²) in [6, 6.07) is 11.6. The largest absolute Gasteiger partial charge is 0.416 e. The lowest BCUT2D eigenvalue weighted by molar-refractivity contribution is -0.137. The van der Waals surface area contributed by atoms with Gasteiger partial charge in [0.25, 0.3) is 0 Å². The zero-order chi connectivity index (χ0) is 18.9. The molecular weight excluding hydrogens is 431 g/mol. The number of alkyl halides is 3. The SMILES string of the molecule is O=S(=O)(c1ccc(Br)cc1)N1CCC(c2ccc(C(F)(F)F)cc2)CC1. The molecule has 0 N–H and O–H groups in total. The van der Waals surface area contributed by atoms with Crippen molar-refractivity contribution in [1.29, 1.82) is 0 Å². The molecule has 8 heteroatoms. The summed E-state index contributed by atoms with van der Waals surface area (Å²) in [4.78, 5) is 0.244. The van der Waals surface area contributed by atoms with E-state index in [1.54, 1.807) is 24.3 Å². The molecule has 1 aliphatic heterocycles. The van der Waals surface area contributed by atoms with Crippen molar-refractivity contribution in [2.75, 3.05) is 13.1 Å². The predicted octanol–water partition coefficient (Wildman–Crippen LogP) is 5.04. The molecule has 0 bridgehead atoms. The minimum atomic E-state index is -4.35. The van der Waals surface area contributed by atoms with Crippen molar-refractivity contribution < 1.29 is 21.6 Å². The van der Waals surface area contributed by atoms with Crippen molar-refractivity contribution in [3.05, 3.63) is 64.1 Å². The van der Waals surface area contributed by atoms with Crippen LogP contribution < -0.4 is 0 Å². The normalized spacial score (nSPS) is 17.4. The number of hydrogen-bond acceptors (Lipinski definition) is 2. The number of sulfonamides is 1. The molecule has 2 aromatic carbocycles. The summed E-state index contributed by atoms with van der Waals surface area (Å²) >= 11 is 3.28. The first-order chi connectivity index (χ1) is 12.2. The minimum absolute atomic E-state index is 0.0636. The number of hydrogen-bond donors (Lipinski definition) is 0. The Morgan fingerprint density at radius 3 is 1.96 bits per heavy atom. The summed E-state index contributed by atoms with van der Waals surface area (Å²) in [5.74, 6) is 0.0636. The second-order valence-electron chi connectivity index (χ2n) is 6.25. The van der Waals surface area contributed by atoms with E-state index in [-0.39, 0.29) is 10.8 Å². The Morgan fingerprint density at radius 2 is 1.46 bits per heavy atom. The van der Waals surface area contributed by atoms with E-state index in [0.29, 0.717) is 25.9 Å². The van der Waals surface area contributed by atoms with Gasteiger partial charge in [-0.3, -0.25) is 0 Å². The maximum atomic E-state index is 12.7. The number of rotatable bonds is 3. The summed E-state index contributed by atoms with van der Waals surface area (Å²) in [5, 5.41) is 0. The molecule has 0 atom stereocenters. The topological polar surface area (TPSA) is 37.4 Å². The van der Waals surface area contributed by atoms with Gasteiger partial charge in [-0.2, -0.15) is 17.5 Å². The van der Waals surface area contributed by atoms with Gasteiger partial charge in [-0.15, -0.1) is 0 Å². The first-order valence-electron chi connectivity index (χ1n) is 8.11. The monoisotopic (exact) mass is 447 g/mol. The van der Waals surface area contributed by atoms with Crippen LogP contribution >= 0.6 is 15.9 Å². The summed E-state index contributed by atoms with van der Waals surface area (Å²) in [5.41, 5.74) is 0.148. The molecule has 0 amide bonds. The van der Waals surface area contributed by atoms with Crippen LogP contribution in [-0.4, -0.2) is 25.8 Å². The summed E-state index contributed by atoms with van der Waals surface area (Å²) in [6.07, 6.45) is -3.18. The molecule has 0 saturated carbocycles. The lowest BCUT2D eigenvalue weighted by Gasteiger charge is -2.31. The fourth-order valence-corrected chi connectivity index (χ4v) is 4.86. The molecule has 1 heterocycles. The molecule has 1 aliphatic rings. The van der Waals surface area contributed by atoms with Gasteiger partial charge in [0.2, 0.25) is 10.0 Å². The second-order valence-corrected chi connectivity index (χ2v) is 9.11. The molecule has 140 valence electrons. The van der Waals surface area contributed by atoms with Crippen LogP contribution in [0.2, 0.25) is 0 Å². The van der Waals surface area contributed by atoms with Crippen LogP contribution in [0.25, 0.3) is 0 Å². The lowest BCUT2D eigenvalue weighted by Crippen LogP contribution is -2.37. The number of nitrogens with zero attached hydrogens (tertiary/aromatic N) is 1. The summed E-state index contributed by atoms with van der Waals surface area (Å²) in [7, 11) is -3.55. The molecule has 26 heavy (non-hydrogen) atoms. The van der Waals surface area contributed by atoms with E-state index in [1.165, 1.54) is 16.4 Å². The molecule has 0 aromatic heterocycles. The molecule has 1 saturated heterocycles. The van der Waals surface area contributed by atoms with Crippen LogP contribution in [0.3, 0.4) is 0 Å². The molecule has 2 aromatic rings. The highest BCUT2D eigenvalue weighted by atomic mass is 79.9. The van der Waals surface area contributed by atoms with Gasteiger partial charge in [0.05, 0.1) is 10.5 Å². The maximum absolute atomic E-state index is 12.7. The number of halogens is 4. The van der Waals surface area contributed by atoms with Gasteiger partial charge in [-0.05, 0) is 60.7 Å². The van der Waals surface area contributed by atoms with Crippen molar-refractivity contribution in [1.82, 2.24) is 4.31 Å². The minimum Gasteiger partial charge on any atom is -0.207 e. The van der Waals surface area contributed by atoms with E-state index in [9.17, 15) is 21.6 Å². The van der Waals surface area contributed by atoms with Crippen molar-refractivity contribution in [2.24, 2.45) is 0 Å². The first kappa shape index (κ1) is 19.4. The Kier molecular flexibility index (Phi) is 5.46. The Balaban J connectivity index is 1.68. The van der Waals surface area contributed by atoms with Gasteiger partial charge < -0.3 is 0 Å². The Labute approximate surface area is 159 Å². The van der Waals surface area contributed by atoms with E-state index in [2.05, 4.69) is 15.9 Å². The average Bonchev–Trinajstić information content (AvgIpc) is 2.62. The number of piperidine rings is 1. The van der Waals surface area contributed by atoms with Gasteiger partial charge >= 0.3 is 6.18 Å². The number of benzene rings is 2. The van der Waals surface area contributed by atoms with E-state index in [0.717, 1.165) is 22.2 Å². The van der Waals surface area contributed by atoms with E-state index in [4.69, 9.17) is 0 Å². The van der Waals surface area contributed by atoms with Crippen LogP contribution in [0.5, 0.6) is 0 Å². The van der Waals surface area contributed by atoms with Gasteiger partial charge in [0, 0.05) is 17.6 Å². The van der Waals surface area contributed by atoms with Crippen LogP contribution in [-0.2, 0) is 16.2 Å². The van der Waals surface area contributed by atoms with Gasteiger partial charge in [0.15, 0.2) is 0 Å². The first-order valence-corrected chi connectivity index (χ1v) is 10.3. The fraction of sp³-hybridized carbons (Fsp3) is 0.333. The highest BCUT2D eigenvalue weighted by Crippen LogP contribution is 2.34. The summed E-state index contributed by atoms with van der Waals surface area (Å²) < 4.78 is 65.6. The molecule has 1 fully saturated rings. The second kappa shape index (κ2) is 7.32. The van der Waals surface area contributed by atoms with Crippen molar-refractivity contribution in [2.45, 2.75) is 29.8 Å². The molecule has 0 radical (unpaired) electrons. The van der Waals surface area contributed by atoms with Gasteiger partial charge in [-0.25, -0.2) is 8.42 Å². The van der Waals surface area contributed by atoms with Crippen LogP contribution in [0.15, 0.2) is 57.9 Å². The lowest BCUT2D eigenvalue weighted by atomic mass is 9.90. The maximum Gasteiger partial charge on any atom is 0.416 e. The molecule has 0 unspecified atom stereocenters. The van der Waals surface area contributed by atoms with Crippen molar-refractivity contribution in [3.8, 4) is 0 Å². The molecular formula is C18H17BrF3NO2S. The highest BCUT2D eigenvalue weighted by molar-refractivity contribution is 9.10. The zero-order valence-corrected chi connectivity index (χ0v) is 16.1. The van der Waals surface area contributed by atoms with Crippen molar-refractivity contribution in [3.63, 3.8) is 0 Å². The Hall–Kier alpha value is -1.38. The van der Waals surface area contributed by atoms with Gasteiger partial charge in [0.1, 0.15) is 0 Å². The van der Waals surface area contributed by atoms with E-state index < -0.39 is 21.8 Å². The van der Waals surface area contributed by atoms with Crippen LogP contribution in [0, 0.1) is 0 Å². The predicted molar refractivity (Wildman–Crippen MR) is 96.3 cm³/mol. The average molecular weight is 448 g/mol. The van der Waals surface area contributed by atoms with Crippen molar-refractivity contribution >= 4 is 26.0 Å². The van der Waals surface area contributed by atoms with E-state index in [1.807, 2.05) is 0 Å². The quantitative estimate of drug-likeness (QED) is 0.660. The fourth-order valence-electron chi connectivity index (χ4n) is 3.13. The third-order valence-corrected chi connectivity index (χ3v) is 7.06. The molecule has 0 aliphatic carbocycles. The third-order valence-electron chi connectivity index (χ3n) is 4.61. The third kappa shape index (κ3) is 4.13. The van der Waals surface area contributed by atoms with Crippen LogP contribution in [0.1, 0.15) is 29.9 Å².